The fourth-order valence-corrected chi connectivity index (χ4v) is 2.04. The molecule has 0 bridgehead atoms. The Kier molecular flexibility index (Phi) is 6.28. The van der Waals surface area contributed by atoms with Crippen molar-refractivity contribution in [1.82, 2.24) is 10.2 Å². The monoisotopic (exact) mass is 309 g/mol. The number of dihydropyridines is 1. The molecule has 1 unspecified atom stereocenters. The predicted molar refractivity (Wildman–Crippen MR) is 89.7 cm³/mol. The minimum absolute atomic E-state index is 0.204. The van der Waals surface area contributed by atoms with E-state index in [1.807, 2.05) is 25.2 Å². The van der Waals surface area contributed by atoms with Crippen molar-refractivity contribution in [1.29, 1.82) is 0 Å². The van der Waals surface area contributed by atoms with E-state index in [4.69, 9.17) is 0 Å². The fourth-order valence-electron chi connectivity index (χ4n) is 2.04. The summed E-state index contributed by atoms with van der Waals surface area (Å²) >= 11 is 0. The maximum atomic E-state index is 11.8. The Morgan fingerprint density at radius 2 is 2.09 bits per heavy atom. The third-order valence-corrected chi connectivity index (χ3v) is 3.23. The van der Waals surface area contributed by atoms with E-state index >= 15 is 0 Å². The Hall–Kier alpha value is -2.71. The van der Waals surface area contributed by atoms with E-state index < -0.39 is 5.92 Å². The molecule has 0 saturated carbocycles. The lowest BCUT2D eigenvalue weighted by molar-refractivity contribution is -0.121. The molecule has 0 aromatic heterocycles. The van der Waals surface area contributed by atoms with Crippen LogP contribution in [-0.2, 0) is 16.1 Å². The summed E-state index contributed by atoms with van der Waals surface area (Å²) in [6.45, 7) is 1.74. The van der Waals surface area contributed by atoms with Crippen LogP contribution in [0.15, 0.2) is 47.5 Å². The molecule has 5 nitrogen and oxygen atoms in total. The Bertz CT molecular complexity index is 653. The van der Waals surface area contributed by atoms with Crippen molar-refractivity contribution in [3.63, 3.8) is 0 Å². The van der Waals surface area contributed by atoms with Crippen LogP contribution in [0.3, 0.4) is 0 Å². The van der Waals surface area contributed by atoms with Gasteiger partial charge in [-0.3, -0.25) is 14.5 Å². The number of hydrogen-bond acceptors (Lipinski definition) is 3. The Labute approximate surface area is 136 Å². The molecule has 1 aromatic carbocycles. The second-order valence-electron chi connectivity index (χ2n) is 5.23. The molecular weight excluding hydrogens is 290 g/mol. The first-order chi connectivity index (χ1) is 11.1. The maximum Gasteiger partial charge on any atom is 0.269 e. The van der Waals surface area contributed by atoms with Crippen molar-refractivity contribution in [2.75, 3.05) is 20.1 Å². The van der Waals surface area contributed by atoms with Crippen molar-refractivity contribution >= 4 is 18.0 Å². The lowest BCUT2D eigenvalue weighted by Gasteiger charge is -2.12. The van der Waals surface area contributed by atoms with Gasteiger partial charge in [0.15, 0.2) is 0 Å². The minimum atomic E-state index is -0.491. The zero-order chi connectivity index (χ0) is 16.5. The van der Waals surface area contributed by atoms with Crippen LogP contribution in [0.1, 0.15) is 5.56 Å². The van der Waals surface area contributed by atoms with Gasteiger partial charge in [0.1, 0.15) is 0 Å². The SMILES string of the molecule is CN(CC#CCNC(=O)C1C=CC(=O)N=C1)Cc1ccccc1. The van der Waals surface area contributed by atoms with Gasteiger partial charge in [0.2, 0.25) is 5.91 Å². The van der Waals surface area contributed by atoms with E-state index in [9.17, 15) is 9.59 Å². The van der Waals surface area contributed by atoms with Gasteiger partial charge in [0.05, 0.1) is 19.0 Å². The van der Waals surface area contributed by atoms with E-state index in [1.54, 1.807) is 0 Å². The number of carbonyl (C=O) groups is 2. The molecule has 1 aliphatic heterocycles. The Morgan fingerprint density at radius 3 is 2.78 bits per heavy atom. The van der Waals surface area contributed by atoms with Crippen LogP contribution in [0, 0.1) is 17.8 Å². The Balaban J connectivity index is 1.68. The summed E-state index contributed by atoms with van der Waals surface area (Å²) in [5.74, 6) is 4.92. The quantitative estimate of drug-likeness (QED) is 0.826. The van der Waals surface area contributed by atoms with Gasteiger partial charge in [-0.1, -0.05) is 48.2 Å². The second kappa shape index (κ2) is 8.66. The second-order valence-corrected chi connectivity index (χ2v) is 5.23. The zero-order valence-corrected chi connectivity index (χ0v) is 13.0. The number of carbonyl (C=O) groups excluding carboxylic acids is 2. The van der Waals surface area contributed by atoms with Crippen molar-refractivity contribution in [2.45, 2.75) is 6.54 Å². The molecule has 0 fully saturated rings. The minimum Gasteiger partial charge on any atom is -0.344 e. The summed E-state index contributed by atoms with van der Waals surface area (Å²) in [4.78, 5) is 28.4. The van der Waals surface area contributed by atoms with Crippen LogP contribution in [0.25, 0.3) is 0 Å². The van der Waals surface area contributed by atoms with Gasteiger partial charge in [-0.2, -0.15) is 0 Å². The molecule has 0 spiro atoms. The summed E-state index contributed by atoms with van der Waals surface area (Å²) in [6, 6.07) is 10.2. The van der Waals surface area contributed by atoms with Crippen molar-refractivity contribution in [2.24, 2.45) is 10.9 Å². The number of nitrogens with one attached hydrogen (secondary N) is 1. The summed E-state index contributed by atoms with van der Waals surface area (Å²) in [5, 5.41) is 2.71. The lowest BCUT2D eigenvalue weighted by Crippen LogP contribution is -2.32. The van der Waals surface area contributed by atoms with Gasteiger partial charge < -0.3 is 5.32 Å². The fraction of sp³-hybridized carbons (Fsp3) is 0.278. The van der Waals surface area contributed by atoms with E-state index in [2.05, 4.69) is 39.2 Å². The molecule has 0 radical (unpaired) electrons. The van der Waals surface area contributed by atoms with Gasteiger partial charge in [-0.25, -0.2) is 4.99 Å². The number of nitrogens with zero attached hydrogens (tertiary/aromatic N) is 2. The zero-order valence-electron chi connectivity index (χ0n) is 13.0. The first kappa shape index (κ1) is 16.7. The van der Waals surface area contributed by atoms with Crippen molar-refractivity contribution in [3.05, 3.63) is 48.0 Å². The number of hydrogen-bond donors (Lipinski definition) is 1. The molecule has 1 aliphatic rings. The average molecular weight is 309 g/mol. The summed E-state index contributed by atoms with van der Waals surface area (Å²) in [7, 11) is 2.00. The standard InChI is InChI=1S/C18H19N3O2/c1-21(14-15-7-3-2-4-8-15)12-6-5-11-19-18(23)16-9-10-17(22)20-13-16/h2-4,7-10,13,16H,11-12,14H2,1H3,(H,19,23). The molecule has 1 atom stereocenters. The first-order valence-corrected chi connectivity index (χ1v) is 7.37. The van der Waals surface area contributed by atoms with Crippen LogP contribution in [0.2, 0.25) is 0 Å². The van der Waals surface area contributed by atoms with E-state index in [1.165, 1.54) is 23.9 Å². The van der Waals surface area contributed by atoms with Gasteiger partial charge >= 0.3 is 0 Å². The summed E-state index contributed by atoms with van der Waals surface area (Å²) in [5.41, 5.74) is 1.24. The van der Waals surface area contributed by atoms with E-state index in [0.29, 0.717) is 6.54 Å². The number of benzene rings is 1. The van der Waals surface area contributed by atoms with Crippen LogP contribution < -0.4 is 5.32 Å². The number of amides is 2. The molecule has 5 heteroatoms. The molecule has 118 valence electrons. The van der Waals surface area contributed by atoms with E-state index in [-0.39, 0.29) is 18.4 Å². The molecule has 1 heterocycles. The molecule has 23 heavy (non-hydrogen) atoms. The number of aliphatic imine (C=N–C) groups is 1. The summed E-state index contributed by atoms with van der Waals surface area (Å²) in [6.07, 6.45) is 4.18. The first-order valence-electron chi connectivity index (χ1n) is 7.37. The highest BCUT2D eigenvalue weighted by Crippen LogP contribution is 2.02. The average Bonchev–Trinajstić information content (AvgIpc) is 2.56. The van der Waals surface area contributed by atoms with Crippen LogP contribution in [0.4, 0.5) is 0 Å². The van der Waals surface area contributed by atoms with Gasteiger partial charge in [0, 0.05) is 18.8 Å². The predicted octanol–water partition coefficient (Wildman–Crippen LogP) is 1.02. The highest BCUT2D eigenvalue weighted by molar-refractivity contribution is 6.05. The normalized spacial score (nSPS) is 16.1. The molecule has 2 amide bonds. The van der Waals surface area contributed by atoms with E-state index in [0.717, 1.165) is 6.54 Å². The molecule has 0 saturated heterocycles. The van der Waals surface area contributed by atoms with Crippen molar-refractivity contribution in [3.8, 4) is 11.8 Å². The highest BCUT2D eigenvalue weighted by atomic mass is 16.2. The van der Waals surface area contributed by atoms with Crippen LogP contribution in [0.5, 0.6) is 0 Å². The molecular formula is C18H19N3O2. The molecule has 2 rings (SSSR count). The van der Waals surface area contributed by atoms with Crippen LogP contribution in [-0.4, -0.2) is 43.1 Å². The van der Waals surface area contributed by atoms with Gasteiger partial charge in [-0.15, -0.1) is 0 Å². The largest absolute Gasteiger partial charge is 0.344 e. The lowest BCUT2D eigenvalue weighted by atomic mass is 10.1. The molecule has 1 N–H and O–H groups in total. The molecule has 0 aliphatic carbocycles. The third-order valence-electron chi connectivity index (χ3n) is 3.23. The van der Waals surface area contributed by atoms with Crippen LogP contribution >= 0.6 is 0 Å². The smallest absolute Gasteiger partial charge is 0.269 e. The van der Waals surface area contributed by atoms with Gasteiger partial charge in [-0.05, 0) is 12.6 Å². The van der Waals surface area contributed by atoms with Crippen molar-refractivity contribution < 1.29 is 9.59 Å². The maximum absolute atomic E-state index is 11.8. The molecule has 1 aromatic rings. The summed E-state index contributed by atoms with van der Waals surface area (Å²) < 4.78 is 0. The highest BCUT2D eigenvalue weighted by Gasteiger charge is 2.15. The third kappa shape index (κ3) is 5.89. The number of rotatable bonds is 5. The van der Waals surface area contributed by atoms with Gasteiger partial charge in [0.25, 0.3) is 5.91 Å². The topological polar surface area (TPSA) is 61.8 Å². The Morgan fingerprint density at radius 1 is 1.30 bits per heavy atom.